The number of carbonyl (C=O) groups is 1. The number of carbonyl (C=O) groups excluding carboxylic acids is 1. The summed E-state index contributed by atoms with van der Waals surface area (Å²) in [4.78, 5) is 21.7. The quantitative estimate of drug-likeness (QED) is 0.570. The molecule has 1 amide bonds. The van der Waals surface area contributed by atoms with Gasteiger partial charge in [-0.25, -0.2) is 4.39 Å². The molecular weight excluding hydrogens is 375 g/mol. The second-order valence-corrected chi connectivity index (χ2v) is 6.93. The molecule has 5 rings (SSSR count). The molecular formula is C21H17FN4O3. The molecule has 3 heterocycles. The number of aromatic nitrogens is 3. The van der Waals surface area contributed by atoms with E-state index >= 15 is 0 Å². The van der Waals surface area contributed by atoms with Crippen LogP contribution in [0, 0.1) is 5.82 Å². The monoisotopic (exact) mass is 392 g/mol. The van der Waals surface area contributed by atoms with E-state index in [9.17, 15) is 9.18 Å². The number of hydrogen-bond acceptors (Lipinski definition) is 5. The highest BCUT2D eigenvalue weighted by Gasteiger charge is 2.35. The molecule has 2 aromatic heterocycles. The summed E-state index contributed by atoms with van der Waals surface area (Å²) in [5.41, 5.74) is 2.29. The average Bonchev–Trinajstić information content (AvgIpc) is 3.46. The number of benzene rings is 2. The number of anilines is 1. The van der Waals surface area contributed by atoms with Gasteiger partial charge in [-0.3, -0.25) is 4.79 Å². The Balaban J connectivity index is 1.41. The first kappa shape index (κ1) is 17.4. The third-order valence-electron chi connectivity index (χ3n) is 5.20. The van der Waals surface area contributed by atoms with Crippen molar-refractivity contribution < 1.29 is 18.4 Å². The zero-order valence-electron chi connectivity index (χ0n) is 15.6. The van der Waals surface area contributed by atoms with Crippen LogP contribution >= 0.6 is 0 Å². The first-order valence-electron chi connectivity index (χ1n) is 9.18. The summed E-state index contributed by atoms with van der Waals surface area (Å²) in [6.45, 7) is 0.359. The van der Waals surface area contributed by atoms with Gasteiger partial charge >= 0.3 is 0 Å². The summed E-state index contributed by atoms with van der Waals surface area (Å²) in [5, 5.41) is 5.09. The third kappa shape index (κ3) is 2.93. The Morgan fingerprint density at radius 2 is 2.17 bits per heavy atom. The Bertz CT molecular complexity index is 1220. The average molecular weight is 392 g/mol. The van der Waals surface area contributed by atoms with Crippen molar-refractivity contribution in [1.29, 1.82) is 0 Å². The van der Waals surface area contributed by atoms with Gasteiger partial charge in [-0.05, 0) is 30.3 Å². The topological polar surface area (TPSA) is 84.2 Å². The maximum Gasteiger partial charge on any atom is 0.258 e. The summed E-state index contributed by atoms with van der Waals surface area (Å²) in [6, 6.07) is 12.2. The molecule has 7 nitrogen and oxygen atoms in total. The van der Waals surface area contributed by atoms with Crippen LogP contribution in [-0.2, 0) is 4.79 Å². The minimum atomic E-state index is -0.511. The second kappa shape index (κ2) is 6.73. The van der Waals surface area contributed by atoms with Crippen LogP contribution in [0.4, 0.5) is 10.1 Å². The SMILES string of the molecule is COc1ccc(N2CC(c3noc(-c4cccc5[nH]ccc45)n3)CC2=O)cc1F. The van der Waals surface area contributed by atoms with Crippen molar-refractivity contribution in [3.05, 3.63) is 60.3 Å². The maximum atomic E-state index is 14.0. The molecule has 1 atom stereocenters. The minimum Gasteiger partial charge on any atom is -0.494 e. The molecule has 0 spiro atoms. The van der Waals surface area contributed by atoms with Crippen LogP contribution in [0.1, 0.15) is 18.2 Å². The number of amides is 1. The number of methoxy groups -OCH3 is 1. The Labute approximate surface area is 165 Å². The van der Waals surface area contributed by atoms with Gasteiger partial charge in [0, 0.05) is 53.3 Å². The van der Waals surface area contributed by atoms with Crippen molar-refractivity contribution in [1.82, 2.24) is 15.1 Å². The summed E-state index contributed by atoms with van der Waals surface area (Å²) >= 11 is 0. The van der Waals surface area contributed by atoms with Crippen LogP contribution in [-0.4, -0.2) is 34.7 Å². The fraction of sp³-hybridized carbons (Fsp3) is 0.190. The highest BCUT2D eigenvalue weighted by molar-refractivity contribution is 5.96. The molecule has 1 aliphatic rings. The van der Waals surface area contributed by atoms with E-state index in [1.807, 2.05) is 30.5 Å². The number of rotatable bonds is 4. The van der Waals surface area contributed by atoms with Crippen LogP contribution in [0.25, 0.3) is 22.4 Å². The molecule has 0 saturated carbocycles. The van der Waals surface area contributed by atoms with Gasteiger partial charge in [0.05, 0.1) is 7.11 Å². The number of H-pyrrole nitrogens is 1. The van der Waals surface area contributed by atoms with E-state index < -0.39 is 5.82 Å². The van der Waals surface area contributed by atoms with Gasteiger partial charge in [0.25, 0.3) is 5.89 Å². The largest absolute Gasteiger partial charge is 0.494 e. The Kier molecular flexibility index (Phi) is 4.04. The standard InChI is InChI=1S/C21H17FN4O3/c1-28-18-6-5-13(10-16(18)22)26-11-12(9-19(26)27)20-24-21(29-25-20)15-3-2-4-17-14(15)7-8-23-17/h2-8,10,12,23H,9,11H2,1H3. The number of halogens is 1. The summed E-state index contributed by atoms with van der Waals surface area (Å²) in [7, 11) is 1.40. The molecule has 0 bridgehead atoms. The summed E-state index contributed by atoms with van der Waals surface area (Å²) < 4.78 is 24.5. The number of ether oxygens (including phenoxy) is 1. The number of nitrogens with one attached hydrogen (secondary N) is 1. The Morgan fingerprint density at radius 1 is 1.28 bits per heavy atom. The van der Waals surface area contributed by atoms with Gasteiger partial charge in [-0.15, -0.1) is 0 Å². The molecule has 1 saturated heterocycles. The fourth-order valence-corrected chi connectivity index (χ4v) is 3.74. The molecule has 29 heavy (non-hydrogen) atoms. The van der Waals surface area contributed by atoms with Gasteiger partial charge in [0.1, 0.15) is 0 Å². The van der Waals surface area contributed by atoms with E-state index in [-0.39, 0.29) is 24.0 Å². The molecule has 2 aromatic carbocycles. The lowest BCUT2D eigenvalue weighted by atomic mass is 10.1. The van der Waals surface area contributed by atoms with Crippen molar-refractivity contribution in [2.45, 2.75) is 12.3 Å². The number of nitrogens with zero attached hydrogens (tertiary/aromatic N) is 3. The van der Waals surface area contributed by atoms with Crippen LogP contribution in [0.2, 0.25) is 0 Å². The maximum absolute atomic E-state index is 14.0. The van der Waals surface area contributed by atoms with Gasteiger partial charge < -0.3 is 19.1 Å². The number of hydrogen-bond donors (Lipinski definition) is 1. The van der Waals surface area contributed by atoms with Gasteiger partial charge in [0.2, 0.25) is 5.91 Å². The van der Waals surface area contributed by atoms with Gasteiger partial charge in [0.15, 0.2) is 17.4 Å². The molecule has 1 fully saturated rings. The lowest BCUT2D eigenvalue weighted by molar-refractivity contribution is -0.117. The summed E-state index contributed by atoms with van der Waals surface area (Å²) in [6.07, 6.45) is 2.09. The number of aromatic amines is 1. The smallest absolute Gasteiger partial charge is 0.258 e. The van der Waals surface area contributed by atoms with Gasteiger partial charge in [-0.2, -0.15) is 4.98 Å². The zero-order valence-corrected chi connectivity index (χ0v) is 15.6. The van der Waals surface area contributed by atoms with Crippen LogP contribution in [0.3, 0.4) is 0 Å². The van der Waals surface area contributed by atoms with Crippen molar-refractivity contribution in [2.75, 3.05) is 18.6 Å². The highest BCUT2D eigenvalue weighted by atomic mass is 19.1. The van der Waals surface area contributed by atoms with Crippen LogP contribution in [0.15, 0.2) is 53.2 Å². The predicted octanol–water partition coefficient (Wildman–Crippen LogP) is 3.89. The van der Waals surface area contributed by atoms with E-state index in [1.165, 1.54) is 24.1 Å². The highest BCUT2D eigenvalue weighted by Crippen LogP contribution is 2.34. The minimum absolute atomic E-state index is 0.112. The van der Waals surface area contributed by atoms with E-state index in [4.69, 9.17) is 9.26 Å². The first-order valence-corrected chi connectivity index (χ1v) is 9.18. The second-order valence-electron chi connectivity index (χ2n) is 6.93. The predicted molar refractivity (Wildman–Crippen MR) is 104 cm³/mol. The normalized spacial score (nSPS) is 16.7. The first-order chi connectivity index (χ1) is 14.1. The van der Waals surface area contributed by atoms with E-state index in [2.05, 4.69) is 15.1 Å². The molecule has 1 N–H and O–H groups in total. The molecule has 0 radical (unpaired) electrons. The Hall–Kier alpha value is -3.68. The van der Waals surface area contributed by atoms with E-state index in [0.717, 1.165) is 16.5 Å². The zero-order chi connectivity index (χ0) is 20.0. The van der Waals surface area contributed by atoms with Crippen molar-refractivity contribution in [3.63, 3.8) is 0 Å². The third-order valence-corrected chi connectivity index (χ3v) is 5.20. The van der Waals surface area contributed by atoms with E-state index in [0.29, 0.717) is 23.9 Å². The van der Waals surface area contributed by atoms with Crippen LogP contribution < -0.4 is 9.64 Å². The van der Waals surface area contributed by atoms with Gasteiger partial charge in [-0.1, -0.05) is 11.2 Å². The molecule has 0 aliphatic carbocycles. The summed E-state index contributed by atoms with van der Waals surface area (Å²) in [5.74, 6) is 0.166. The lowest BCUT2D eigenvalue weighted by Gasteiger charge is -2.16. The van der Waals surface area contributed by atoms with E-state index in [1.54, 1.807) is 6.07 Å². The van der Waals surface area contributed by atoms with Crippen molar-refractivity contribution in [2.24, 2.45) is 0 Å². The fourth-order valence-electron chi connectivity index (χ4n) is 3.74. The molecule has 1 aliphatic heterocycles. The lowest BCUT2D eigenvalue weighted by Crippen LogP contribution is -2.24. The van der Waals surface area contributed by atoms with Crippen molar-refractivity contribution in [3.8, 4) is 17.2 Å². The molecule has 4 aromatic rings. The van der Waals surface area contributed by atoms with Crippen LogP contribution in [0.5, 0.6) is 5.75 Å². The Morgan fingerprint density at radius 3 is 3.00 bits per heavy atom. The van der Waals surface area contributed by atoms with Crippen molar-refractivity contribution >= 4 is 22.5 Å². The number of fused-ring (bicyclic) bond motifs is 1. The molecule has 146 valence electrons. The molecule has 8 heteroatoms. The molecule has 1 unspecified atom stereocenters.